The Bertz CT molecular complexity index is 253. The summed E-state index contributed by atoms with van der Waals surface area (Å²) in [5, 5.41) is 11.3. The lowest BCUT2D eigenvalue weighted by molar-refractivity contribution is -0.138. The average molecular weight is 227 g/mol. The molecule has 0 spiro atoms. The van der Waals surface area contributed by atoms with Crippen molar-refractivity contribution in [3.8, 4) is 0 Å². The first-order valence-electron chi connectivity index (χ1n) is 6.06. The molecule has 0 radical (unpaired) electrons. The fraction of sp³-hybridized carbons (Fsp3) is 0.833. The third-order valence-corrected chi connectivity index (χ3v) is 3.20. The minimum absolute atomic E-state index is 0.0765. The summed E-state index contributed by atoms with van der Waals surface area (Å²) >= 11 is 0. The maximum absolute atomic E-state index is 11.3. The van der Waals surface area contributed by atoms with Gasteiger partial charge in [-0.1, -0.05) is 19.8 Å². The number of nitrogens with one attached hydrogen (secondary N) is 1. The second-order valence-electron chi connectivity index (χ2n) is 4.84. The molecule has 0 saturated heterocycles. The van der Waals surface area contributed by atoms with Crippen molar-refractivity contribution in [2.75, 3.05) is 6.54 Å². The highest BCUT2D eigenvalue weighted by atomic mass is 16.4. The van der Waals surface area contributed by atoms with E-state index in [0.29, 0.717) is 12.5 Å². The maximum atomic E-state index is 11.3. The van der Waals surface area contributed by atoms with Crippen LogP contribution in [0.2, 0.25) is 0 Å². The molecule has 0 aromatic carbocycles. The molecule has 2 atom stereocenters. The molecule has 16 heavy (non-hydrogen) atoms. The fourth-order valence-corrected chi connectivity index (χ4v) is 2.31. The molecule has 92 valence electrons. The lowest BCUT2D eigenvalue weighted by Gasteiger charge is -2.26. The predicted molar refractivity (Wildman–Crippen MR) is 61.0 cm³/mol. The van der Waals surface area contributed by atoms with Gasteiger partial charge in [-0.3, -0.25) is 9.59 Å². The van der Waals surface area contributed by atoms with Crippen LogP contribution in [0.4, 0.5) is 0 Å². The Morgan fingerprint density at radius 1 is 1.31 bits per heavy atom. The van der Waals surface area contributed by atoms with Gasteiger partial charge in [0, 0.05) is 13.0 Å². The van der Waals surface area contributed by atoms with Crippen molar-refractivity contribution in [2.24, 2.45) is 11.8 Å². The molecule has 1 saturated carbocycles. The van der Waals surface area contributed by atoms with Crippen molar-refractivity contribution in [3.63, 3.8) is 0 Å². The zero-order valence-electron chi connectivity index (χ0n) is 9.87. The van der Waals surface area contributed by atoms with Gasteiger partial charge in [0.05, 0.1) is 6.42 Å². The first-order valence-corrected chi connectivity index (χ1v) is 6.06. The van der Waals surface area contributed by atoms with Gasteiger partial charge in [0.2, 0.25) is 5.91 Å². The number of carboxylic acids is 1. The summed E-state index contributed by atoms with van der Waals surface area (Å²) in [6.07, 6.45) is 4.92. The minimum atomic E-state index is -0.915. The molecule has 4 nitrogen and oxygen atoms in total. The molecule has 0 aliphatic heterocycles. The largest absolute Gasteiger partial charge is 0.481 e. The number of carbonyl (C=O) groups is 2. The number of rotatable bonds is 5. The summed E-state index contributed by atoms with van der Waals surface area (Å²) in [6, 6.07) is 0. The summed E-state index contributed by atoms with van der Waals surface area (Å²) in [5.41, 5.74) is 0. The molecule has 2 N–H and O–H groups in total. The average Bonchev–Trinajstić information content (AvgIpc) is 2.23. The Morgan fingerprint density at radius 2 is 2.06 bits per heavy atom. The van der Waals surface area contributed by atoms with Gasteiger partial charge in [0.15, 0.2) is 0 Å². The van der Waals surface area contributed by atoms with Crippen molar-refractivity contribution >= 4 is 11.9 Å². The van der Waals surface area contributed by atoms with E-state index in [9.17, 15) is 9.59 Å². The molecular formula is C12H21NO3. The van der Waals surface area contributed by atoms with Crippen LogP contribution in [0.1, 0.15) is 45.4 Å². The number of amides is 1. The highest BCUT2D eigenvalue weighted by Gasteiger charge is 2.19. The number of hydrogen-bond donors (Lipinski definition) is 2. The van der Waals surface area contributed by atoms with E-state index in [2.05, 4.69) is 12.2 Å². The van der Waals surface area contributed by atoms with Gasteiger partial charge in [-0.2, -0.15) is 0 Å². The van der Waals surface area contributed by atoms with E-state index in [1.165, 1.54) is 25.7 Å². The molecule has 0 heterocycles. The molecule has 1 aliphatic carbocycles. The molecule has 4 heteroatoms. The minimum Gasteiger partial charge on any atom is -0.481 e. The number of carboxylic acid groups (broad SMARTS) is 1. The Morgan fingerprint density at radius 3 is 2.69 bits per heavy atom. The van der Waals surface area contributed by atoms with Crippen LogP contribution in [-0.2, 0) is 9.59 Å². The summed E-state index contributed by atoms with van der Waals surface area (Å²) in [5.74, 6) is 0.286. The van der Waals surface area contributed by atoms with Gasteiger partial charge in [0.1, 0.15) is 0 Å². The van der Waals surface area contributed by atoms with Gasteiger partial charge in [-0.25, -0.2) is 0 Å². The summed E-state index contributed by atoms with van der Waals surface area (Å²) in [7, 11) is 0. The zero-order valence-corrected chi connectivity index (χ0v) is 9.87. The number of hydrogen-bond acceptors (Lipinski definition) is 2. The van der Waals surface area contributed by atoms with Crippen LogP contribution in [0.3, 0.4) is 0 Å². The second kappa shape index (κ2) is 6.51. The van der Waals surface area contributed by atoms with Crippen molar-refractivity contribution in [2.45, 2.75) is 45.4 Å². The topological polar surface area (TPSA) is 66.4 Å². The third kappa shape index (κ3) is 5.14. The van der Waals surface area contributed by atoms with Gasteiger partial charge < -0.3 is 10.4 Å². The van der Waals surface area contributed by atoms with Crippen molar-refractivity contribution in [3.05, 3.63) is 0 Å². The Hall–Kier alpha value is -1.06. The molecule has 0 aromatic heterocycles. The SMILES string of the molecule is CC1CCCC(CNC(=O)CCC(=O)O)C1. The monoisotopic (exact) mass is 227 g/mol. The normalized spacial score (nSPS) is 25.1. The zero-order chi connectivity index (χ0) is 12.0. The van der Waals surface area contributed by atoms with Crippen molar-refractivity contribution < 1.29 is 14.7 Å². The highest BCUT2D eigenvalue weighted by Crippen LogP contribution is 2.27. The van der Waals surface area contributed by atoms with Crippen LogP contribution >= 0.6 is 0 Å². The summed E-state index contributed by atoms with van der Waals surface area (Å²) in [4.78, 5) is 21.6. The van der Waals surface area contributed by atoms with E-state index in [4.69, 9.17) is 5.11 Å². The van der Waals surface area contributed by atoms with Crippen molar-refractivity contribution in [1.82, 2.24) is 5.32 Å². The molecule has 1 amide bonds. The van der Waals surface area contributed by atoms with Gasteiger partial charge in [-0.05, 0) is 24.7 Å². The van der Waals surface area contributed by atoms with Crippen LogP contribution in [-0.4, -0.2) is 23.5 Å². The first-order chi connectivity index (χ1) is 7.58. The third-order valence-electron chi connectivity index (χ3n) is 3.20. The summed E-state index contributed by atoms with van der Waals surface area (Å²) < 4.78 is 0. The highest BCUT2D eigenvalue weighted by molar-refractivity contribution is 5.80. The molecule has 0 bridgehead atoms. The molecule has 1 rings (SSSR count). The van der Waals surface area contributed by atoms with E-state index < -0.39 is 5.97 Å². The molecule has 2 unspecified atom stereocenters. The first kappa shape index (κ1) is 13.0. The number of carbonyl (C=O) groups excluding carboxylic acids is 1. The van der Waals surface area contributed by atoms with E-state index in [-0.39, 0.29) is 18.7 Å². The second-order valence-corrected chi connectivity index (χ2v) is 4.84. The molecule has 0 aromatic rings. The van der Waals surface area contributed by atoms with Crippen LogP contribution in [0, 0.1) is 11.8 Å². The van der Waals surface area contributed by atoms with E-state index in [0.717, 1.165) is 5.92 Å². The smallest absolute Gasteiger partial charge is 0.303 e. The van der Waals surface area contributed by atoms with E-state index in [1.807, 2.05) is 0 Å². The lowest BCUT2D eigenvalue weighted by atomic mass is 9.82. The standard InChI is InChI=1S/C12H21NO3/c1-9-3-2-4-10(7-9)8-13-11(14)5-6-12(15)16/h9-10H,2-8H2,1H3,(H,13,14)(H,15,16). The van der Waals surface area contributed by atoms with Gasteiger partial charge in [-0.15, -0.1) is 0 Å². The van der Waals surface area contributed by atoms with Gasteiger partial charge in [0.25, 0.3) is 0 Å². The molecule has 1 aliphatic rings. The predicted octanol–water partition coefficient (Wildman–Crippen LogP) is 1.79. The quantitative estimate of drug-likeness (QED) is 0.752. The Labute approximate surface area is 96.4 Å². The fourth-order valence-electron chi connectivity index (χ4n) is 2.31. The van der Waals surface area contributed by atoms with Crippen LogP contribution < -0.4 is 5.32 Å². The van der Waals surface area contributed by atoms with E-state index >= 15 is 0 Å². The van der Waals surface area contributed by atoms with Gasteiger partial charge >= 0.3 is 5.97 Å². The van der Waals surface area contributed by atoms with Crippen LogP contribution in [0.25, 0.3) is 0 Å². The Kier molecular flexibility index (Phi) is 5.29. The van der Waals surface area contributed by atoms with Crippen LogP contribution in [0.5, 0.6) is 0 Å². The maximum Gasteiger partial charge on any atom is 0.303 e. The Balaban J connectivity index is 2.13. The van der Waals surface area contributed by atoms with E-state index in [1.54, 1.807) is 0 Å². The number of aliphatic carboxylic acids is 1. The molecule has 1 fully saturated rings. The molecular weight excluding hydrogens is 206 g/mol. The lowest BCUT2D eigenvalue weighted by Crippen LogP contribution is -2.31. The van der Waals surface area contributed by atoms with Crippen molar-refractivity contribution in [1.29, 1.82) is 0 Å². The summed E-state index contributed by atoms with van der Waals surface area (Å²) in [6.45, 7) is 2.96. The van der Waals surface area contributed by atoms with Crippen LogP contribution in [0.15, 0.2) is 0 Å².